The fourth-order valence-electron chi connectivity index (χ4n) is 2.09. The molecule has 0 saturated carbocycles. The third-order valence-electron chi connectivity index (χ3n) is 3.07. The molecule has 1 heterocycles. The molecule has 0 aliphatic heterocycles. The minimum atomic E-state index is -0.501. The van der Waals surface area contributed by atoms with Crippen LogP contribution >= 0.6 is 0 Å². The van der Waals surface area contributed by atoms with E-state index in [9.17, 15) is 4.79 Å². The van der Waals surface area contributed by atoms with Gasteiger partial charge in [-0.2, -0.15) is 0 Å². The van der Waals surface area contributed by atoms with E-state index in [0.717, 1.165) is 16.3 Å². The molecule has 2 aromatic carbocycles. The van der Waals surface area contributed by atoms with E-state index >= 15 is 0 Å². The van der Waals surface area contributed by atoms with E-state index < -0.39 is 5.97 Å². The Balaban J connectivity index is 1.79. The van der Waals surface area contributed by atoms with Gasteiger partial charge in [0.1, 0.15) is 6.61 Å². The van der Waals surface area contributed by atoms with Crippen molar-refractivity contribution in [2.24, 2.45) is 0 Å². The van der Waals surface area contributed by atoms with E-state index in [0.29, 0.717) is 5.69 Å². The maximum Gasteiger partial charge on any atom is 0.377 e. The molecule has 0 fully saturated rings. The van der Waals surface area contributed by atoms with E-state index in [2.05, 4.69) is 5.16 Å². The zero-order chi connectivity index (χ0) is 13.9. The Morgan fingerprint density at radius 1 is 1.20 bits per heavy atom. The van der Waals surface area contributed by atoms with Crippen LogP contribution in [0, 0.1) is 6.92 Å². The van der Waals surface area contributed by atoms with Gasteiger partial charge >= 0.3 is 5.97 Å². The van der Waals surface area contributed by atoms with Crippen LogP contribution in [0.15, 0.2) is 53.1 Å². The first-order chi connectivity index (χ1) is 9.74. The number of ether oxygens (including phenoxy) is 1. The highest BCUT2D eigenvalue weighted by Gasteiger charge is 2.13. The van der Waals surface area contributed by atoms with E-state index in [4.69, 9.17) is 9.26 Å². The average molecular weight is 267 g/mol. The van der Waals surface area contributed by atoms with Crippen molar-refractivity contribution in [1.82, 2.24) is 5.16 Å². The lowest BCUT2D eigenvalue weighted by atomic mass is 10.1. The summed E-state index contributed by atoms with van der Waals surface area (Å²) in [7, 11) is 0. The maximum absolute atomic E-state index is 11.8. The van der Waals surface area contributed by atoms with Crippen LogP contribution in [-0.4, -0.2) is 11.1 Å². The fraction of sp³-hybridized carbons (Fsp3) is 0.125. The molecule has 4 nitrogen and oxygen atoms in total. The predicted molar refractivity (Wildman–Crippen MR) is 74.3 cm³/mol. The van der Waals surface area contributed by atoms with Crippen LogP contribution in [0.5, 0.6) is 0 Å². The minimum absolute atomic E-state index is 0.128. The van der Waals surface area contributed by atoms with E-state index in [-0.39, 0.29) is 12.4 Å². The molecule has 0 spiro atoms. The number of aromatic nitrogens is 1. The first-order valence-electron chi connectivity index (χ1n) is 6.31. The van der Waals surface area contributed by atoms with Crippen LogP contribution in [0.2, 0.25) is 0 Å². The second-order valence-corrected chi connectivity index (χ2v) is 4.55. The Labute approximate surface area is 116 Å². The zero-order valence-electron chi connectivity index (χ0n) is 11.0. The molecule has 0 radical (unpaired) electrons. The number of aryl methyl sites for hydroxylation is 1. The summed E-state index contributed by atoms with van der Waals surface area (Å²) < 4.78 is 10.1. The number of carbonyl (C=O) groups is 1. The summed E-state index contributed by atoms with van der Waals surface area (Å²) >= 11 is 0. The molecule has 3 aromatic rings. The molecule has 0 saturated heterocycles. The molecule has 1 aromatic heterocycles. The van der Waals surface area contributed by atoms with Crippen LogP contribution in [0.4, 0.5) is 0 Å². The van der Waals surface area contributed by atoms with Gasteiger partial charge in [-0.1, -0.05) is 47.6 Å². The van der Waals surface area contributed by atoms with Crippen molar-refractivity contribution >= 4 is 16.7 Å². The van der Waals surface area contributed by atoms with Crippen LogP contribution in [0.3, 0.4) is 0 Å². The lowest BCUT2D eigenvalue weighted by molar-refractivity contribution is 0.0427. The number of carbonyl (C=O) groups excluding carboxylic acids is 1. The third-order valence-corrected chi connectivity index (χ3v) is 3.07. The number of hydrogen-bond acceptors (Lipinski definition) is 4. The number of hydrogen-bond donors (Lipinski definition) is 0. The van der Waals surface area contributed by atoms with Crippen LogP contribution < -0.4 is 0 Å². The molecule has 100 valence electrons. The summed E-state index contributed by atoms with van der Waals surface area (Å²) in [5, 5.41) is 5.87. The quantitative estimate of drug-likeness (QED) is 0.681. The number of benzene rings is 2. The zero-order valence-corrected chi connectivity index (χ0v) is 11.0. The fourth-order valence-corrected chi connectivity index (χ4v) is 2.09. The highest BCUT2D eigenvalue weighted by molar-refractivity contribution is 5.87. The molecular formula is C16H13NO3. The van der Waals surface area contributed by atoms with E-state index in [1.807, 2.05) is 42.5 Å². The highest BCUT2D eigenvalue weighted by Crippen LogP contribution is 2.19. The Morgan fingerprint density at radius 3 is 2.80 bits per heavy atom. The Bertz CT molecular complexity index is 756. The Hall–Kier alpha value is -2.62. The van der Waals surface area contributed by atoms with Crippen LogP contribution in [-0.2, 0) is 11.3 Å². The molecule has 0 atom stereocenters. The van der Waals surface area contributed by atoms with Crippen molar-refractivity contribution in [3.05, 3.63) is 65.5 Å². The van der Waals surface area contributed by atoms with Crippen molar-refractivity contribution < 1.29 is 14.1 Å². The Kier molecular flexibility index (Phi) is 3.21. The van der Waals surface area contributed by atoms with Gasteiger partial charge < -0.3 is 9.26 Å². The van der Waals surface area contributed by atoms with Crippen molar-refractivity contribution in [3.8, 4) is 0 Å². The molecule has 4 heteroatoms. The molecule has 0 aliphatic rings. The molecule has 20 heavy (non-hydrogen) atoms. The number of esters is 1. The summed E-state index contributed by atoms with van der Waals surface area (Å²) in [4.78, 5) is 11.8. The van der Waals surface area contributed by atoms with Crippen LogP contribution in [0.1, 0.15) is 21.8 Å². The summed E-state index contributed by atoms with van der Waals surface area (Å²) in [5.74, 6) is -0.374. The van der Waals surface area contributed by atoms with Crippen molar-refractivity contribution in [2.45, 2.75) is 13.5 Å². The third kappa shape index (κ3) is 2.40. The van der Waals surface area contributed by atoms with Crippen LogP contribution in [0.25, 0.3) is 10.8 Å². The minimum Gasteiger partial charge on any atom is -0.455 e. The van der Waals surface area contributed by atoms with Gasteiger partial charge in [0.15, 0.2) is 0 Å². The second kappa shape index (κ2) is 5.17. The van der Waals surface area contributed by atoms with Gasteiger partial charge in [-0.25, -0.2) is 4.79 Å². The average Bonchev–Trinajstić information content (AvgIpc) is 2.91. The van der Waals surface area contributed by atoms with Gasteiger partial charge in [0.05, 0.1) is 5.69 Å². The predicted octanol–water partition coefficient (Wildman–Crippen LogP) is 3.49. The molecule has 3 rings (SSSR count). The van der Waals surface area contributed by atoms with Gasteiger partial charge in [-0.3, -0.25) is 0 Å². The summed E-state index contributed by atoms with van der Waals surface area (Å²) in [6, 6.07) is 15.5. The molecule has 0 bridgehead atoms. The second-order valence-electron chi connectivity index (χ2n) is 4.55. The smallest absolute Gasteiger partial charge is 0.377 e. The maximum atomic E-state index is 11.8. The van der Waals surface area contributed by atoms with Gasteiger partial charge in [0.2, 0.25) is 5.76 Å². The molecule has 0 N–H and O–H groups in total. The molecular weight excluding hydrogens is 254 g/mol. The van der Waals surface area contributed by atoms with Gasteiger partial charge in [-0.15, -0.1) is 0 Å². The topological polar surface area (TPSA) is 52.3 Å². The molecule has 0 aliphatic carbocycles. The van der Waals surface area contributed by atoms with E-state index in [1.54, 1.807) is 13.0 Å². The normalized spacial score (nSPS) is 10.7. The molecule has 0 amide bonds. The first-order valence-corrected chi connectivity index (χ1v) is 6.31. The highest BCUT2D eigenvalue weighted by atomic mass is 16.6. The largest absolute Gasteiger partial charge is 0.455 e. The standard InChI is InChI=1S/C16H13NO3/c1-11-9-15(20-17-11)16(18)19-10-13-7-4-6-12-5-2-3-8-14(12)13/h2-9H,10H2,1H3. The monoisotopic (exact) mass is 267 g/mol. The van der Waals surface area contributed by atoms with Gasteiger partial charge in [0.25, 0.3) is 0 Å². The number of rotatable bonds is 3. The van der Waals surface area contributed by atoms with Gasteiger partial charge in [0, 0.05) is 6.07 Å². The van der Waals surface area contributed by atoms with Crippen molar-refractivity contribution in [1.29, 1.82) is 0 Å². The lowest BCUT2D eigenvalue weighted by Crippen LogP contribution is -2.04. The number of fused-ring (bicyclic) bond motifs is 1. The van der Waals surface area contributed by atoms with Crippen molar-refractivity contribution in [2.75, 3.05) is 0 Å². The Morgan fingerprint density at radius 2 is 2.00 bits per heavy atom. The van der Waals surface area contributed by atoms with E-state index in [1.165, 1.54) is 0 Å². The van der Waals surface area contributed by atoms with Gasteiger partial charge in [-0.05, 0) is 23.3 Å². The molecule has 0 unspecified atom stereocenters. The number of nitrogens with zero attached hydrogens (tertiary/aromatic N) is 1. The SMILES string of the molecule is Cc1cc(C(=O)OCc2cccc3ccccc23)on1. The van der Waals surface area contributed by atoms with Crippen molar-refractivity contribution in [3.63, 3.8) is 0 Å². The summed E-state index contributed by atoms with van der Waals surface area (Å²) in [5.41, 5.74) is 1.62. The first kappa shape index (κ1) is 12.4. The summed E-state index contributed by atoms with van der Waals surface area (Å²) in [6.45, 7) is 1.96. The summed E-state index contributed by atoms with van der Waals surface area (Å²) in [6.07, 6.45) is 0. The lowest BCUT2D eigenvalue weighted by Gasteiger charge is -2.06.